The Labute approximate surface area is 467 Å². The van der Waals surface area contributed by atoms with E-state index in [1.54, 1.807) is 0 Å². The molecule has 75 heavy (non-hydrogen) atoms. The molecule has 0 saturated heterocycles. The van der Waals surface area contributed by atoms with Gasteiger partial charge in [-0.05, 0) is 51.4 Å². The van der Waals surface area contributed by atoms with E-state index in [2.05, 4.69) is 57.2 Å². The van der Waals surface area contributed by atoms with E-state index in [9.17, 15) is 14.4 Å². The van der Waals surface area contributed by atoms with E-state index >= 15 is 0 Å². The second kappa shape index (κ2) is 64.2. The van der Waals surface area contributed by atoms with E-state index < -0.39 is 6.10 Å². The molecule has 0 amide bonds. The van der Waals surface area contributed by atoms with Gasteiger partial charge in [-0.3, -0.25) is 14.4 Å². The highest BCUT2D eigenvalue weighted by Crippen LogP contribution is 2.18. The maximum absolute atomic E-state index is 12.9. The van der Waals surface area contributed by atoms with Crippen LogP contribution in [0.4, 0.5) is 0 Å². The molecule has 0 bridgehead atoms. The second-order valence-corrected chi connectivity index (χ2v) is 22.7. The Hall–Kier alpha value is -2.37. The molecule has 0 spiro atoms. The van der Waals surface area contributed by atoms with E-state index in [0.29, 0.717) is 19.3 Å². The molecule has 6 nitrogen and oxygen atoms in total. The highest BCUT2D eigenvalue weighted by atomic mass is 16.6. The lowest BCUT2D eigenvalue weighted by Gasteiger charge is -2.18. The lowest BCUT2D eigenvalue weighted by molar-refractivity contribution is -0.167. The zero-order chi connectivity index (χ0) is 54.3. The molecular formula is C69H128O6. The van der Waals surface area contributed by atoms with E-state index in [1.165, 1.54) is 244 Å². The predicted molar refractivity (Wildman–Crippen MR) is 326 cm³/mol. The molecule has 0 fully saturated rings. The Kier molecular flexibility index (Phi) is 62.1. The third-order valence-electron chi connectivity index (χ3n) is 15.2. The molecule has 1 unspecified atom stereocenters. The fourth-order valence-electron chi connectivity index (χ4n) is 10.2. The van der Waals surface area contributed by atoms with Crippen LogP contribution in [0.1, 0.15) is 367 Å². The smallest absolute Gasteiger partial charge is 0.306 e. The van der Waals surface area contributed by atoms with Gasteiger partial charge in [0.1, 0.15) is 13.2 Å². The summed E-state index contributed by atoms with van der Waals surface area (Å²) < 4.78 is 16.9. The predicted octanol–water partition coefficient (Wildman–Crippen LogP) is 22.8. The Balaban J connectivity index is 4.16. The SMILES string of the molecule is CC/C=C\C/C=C\C/C=C\CCCCCCCCCC(=O)OC(COC(=O)CCCCCCCCCCCCCC)COC(=O)CCCCCCCCCCCCCCCCCCCCCCCCCCCCCC. The van der Waals surface area contributed by atoms with Crippen LogP contribution in [0.15, 0.2) is 36.5 Å². The molecule has 1 atom stereocenters. The van der Waals surface area contributed by atoms with Crippen molar-refractivity contribution in [1.29, 1.82) is 0 Å². The monoisotopic (exact) mass is 1050 g/mol. The molecule has 0 aromatic rings. The van der Waals surface area contributed by atoms with Crippen LogP contribution in [-0.4, -0.2) is 37.2 Å². The molecule has 0 rings (SSSR count). The van der Waals surface area contributed by atoms with Crippen molar-refractivity contribution in [1.82, 2.24) is 0 Å². The summed E-state index contributed by atoms with van der Waals surface area (Å²) in [6.07, 6.45) is 78.9. The van der Waals surface area contributed by atoms with E-state index in [0.717, 1.165) is 83.5 Å². The van der Waals surface area contributed by atoms with Gasteiger partial charge in [-0.25, -0.2) is 0 Å². The maximum Gasteiger partial charge on any atom is 0.306 e. The van der Waals surface area contributed by atoms with Gasteiger partial charge in [-0.2, -0.15) is 0 Å². The first kappa shape index (κ1) is 72.6. The summed E-state index contributed by atoms with van der Waals surface area (Å²) in [6, 6.07) is 0. The van der Waals surface area contributed by atoms with Crippen LogP contribution in [0, 0.1) is 0 Å². The van der Waals surface area contributed by atoms with Crippen molar-refractivity contribution in [3.8, 4) is 0 Å². The Morgan fingerprint density at radius 2 is 0.520 bits per heavy atom. The molecular weight excluding hydrogens is 925 g/mol. The average molecular weight is 1050 g/mol. The molecule has 0 aliphatic carbocycles. The molecule has 0 aliphatic heterocycles. The number of carbonyl (C=O) groups excluding carboxylic acids is 3. The molecule has 440 valence electrons. The number of ether oxygens (including phenoxy) is 3. The largest absolute Gasteiger partial charge is 0.462 e. The number of esters is 3. The lowest BCUT2D eigenvalue weighted by Crippen LogP contribution is -2.30. The van der Waals surface area contributed by atoms with E-state index in [4.69, 9.17) is 14.2 Å². The summed E-state index contributed by atoms with van der Waals surface area (Å²) >= 11 is 0. The van der Waals surface area contributed by atoms with Crippen LogP contribution >= 0.6 is 0 Å². The molecule has 0 saturated carbocycles. The van der Waals surface area contributed by atoms with Gasteiger partial charge >= 0.3 is 17.9 Å². The normalized spacial score (nSPS) is 12.2. The van der Waals surface area contributed by atoms with Crippen molar-refractivity contribution in [2.75, 3.05) is 13.2 Å². The summed E-state index contributed by atoms with van der Waals surface area (Å²) in [4.78, 5) is 38.3. The zero-order valence-corrected chi connectivity index (χ0v) is 50.6. The van der Waals surface area contributed by atoms with Gasteiger partial charge in [0.2, 0.25) is 0 Å². The van der Waals surface area contributed by atoms with Crippen LogP contribution in [0.5, 0.6) is 0 Å². The van der Waals surface area contributed by atoms with Gasteiger partial charge in [0, 0.05) is 19.3 Å². The Bertz CT molecular complexity index is 1250. The first-order valence-corrected chi connectivity index (χ1v) is 33.5. The van der Waals surface area contributed by atoms with Crippen molar-refractivity contribution < 1.29 is 28.6 Å². The van der Waals surface area contributed by atoms with Crippen LogP contribution < -0.4 is 0 Å². The standard InChI is InChI=1S/C69H128O6/c1-4-7-10-13-16-19-22-25-27-29-30-31-32-33-34-35-36-37-38-39-41-42-44-47-50-53-56-59-62-68(71)74-65-66(64-73-67(70)61-58-55-52-49-46-24-21-18-15-12-9-6-3)75-69(72)63-60-57-54-51-48-45-43-40-28-26-23-20-17-14-11-8-5-2/h8,11,17,20,26,28,66H,4-7,9-10,12-16,18-19,21-25,27,29-65H2,1-3H3/b11-8-,20-17-,28-26-. The lowest BCUT2D eigenvalue weighted by atomic mass is 10.0. The van der Waals surface area contributed by atoms with Gasteiger partial charge in [0.15, 0.2) is 6.10 Å². The van der Waals surface area contributed by atoms with Gasteiger partial charge in [-0.1, -0.05) is 333 Å². The molecule has 0 N–H and O–H groups in total. The summed E-state index contributed by atoms with van der Waals surface area (Å²) in [5.41, 5.74) is 0. The topological polar surface area (TPSA) is 78.9 Å². The third-order valence-corrected chi connectivity index (χ3v) is 15.2. The van der Waals surface area contributed by atoms with Crippen molar-refractivity contribution in [2.24, 2.45) is 0 Å². The van der Waals surface area contributed by atoms with Gasteiger partial charge in [-0.15, -0.1) is 0 Å². The number of carbonyl (C=O) groups is 3. The number of hydrogen-bond acceptors (Lipinski definition) is 6. The van der Waals surface area contributed by atoms with Crippen LogP contribution in [0.3, 0.4) is 0 Å². The average Bonchev–Trinajstić information content (AvgIpc) is 3.41. The van der Waals surface area contributed by atoms with Crippen molar-refractivity contribution in [3.63, 3.8) is 0 Å². The minimum Gasteiger partial charge on any atom is -0.462 e. The highest BCUT2D eigenvalue weighted by Gasteiger charge is 2.19. The Morgan fingerprint density at radius 3 is 0.813 bits per heavy atom. The first-order valence-electron chi connectivity index (χ1n) is 33.5. The molecule has 0 radical (unpaired) electrons. The Morgan fingerprint density at radius 1 is 0.280 bits per heavy atom. The van der Waals surface area contributed by atoms with E-state index in [1.807, 2.05) is 0 Å². The molecule has 0 heterocycles. The molecule has 6 heteroatoms. The number of unbranched alkanes of at least 4 members (excludes halogenated alkanes) is 45. The molecule has 0 aromatic carbocycles. The third kappa shape index (κ3) is 62.4. The molecule has 0 aliphatic rings. The van der Waals surface area contributed by atoms with Crippen LogP contribution in [-0.2, 0) is 28.6 Å². The first-order chi connectivity index (χ1) is 37.0. The minimum atomic E-state index is -0.774. The number of hydrogen-bond donors (Lipinski definition) is 0. The number of rotatable bonds is 62. The van der Waals surface area contributed by atoms with Gasteiger partial charge in [0.25, 0.3) is 0 Å². The maximum atomic E-state index is 12.9. The van der Waals surface area contributed by atoms with Gasteiger partial charge < -0.3 is 14.2 Å². The van der Waals surface area contributed by atoms with Crippen LogP contribution in [0.2, 0.25) is 0 Å². The fourth-order valence-corrected chi connectivity index (χ4v) is 10.2. The van der Waals surface area contributed by atoms with Crippen molar-refractivity contribution in [3.05, 3.63) is 36.5 Å². The number of allylic oxidation sites excluding steroid dienone is 6. The summed E-state index contributed by atoms with van der Waals surface area (Å²) in [7, 11) is 0. The summed E-state index contributed by atoms with van der Waals surface area (Å²) in [6.45, 7) is 6.58. The molecule has 0 aromatic heterocycles. The highest BCUT2D eigenvalue weighted by molar-refractivity contribution is 5.71. The second-order valence-electron chi connectivity index (χ2n) is 22.7. The quantitative estimate of drug-likeness (QED) is 0.0261. The summed E-state index contributed by atoms with van der Waals surface area (Å²) in [5, 5.41) is 0. The van der Waals surface area contributed by atoms with Crippen molar-refractivity contribution >= 4 is 17.9 Å². The van der Waals surface area contributed by atoms with Crippen molar-refractivity contribution in [2.45, 2.75) is 374 Å². The minimum absolute atomic E-state index is 0.0709. The van der Waals surface area contributed by atoms with E-state index in [-0.39, 0.29) is 31.1 Å². The zero-order valence-electron chi connectivity index (χ0n) is 50.6. The van der Waals surface area contributed by atoms with Crippen LogP contribution in [0.25, 0.3) is 0 Å². The fraction of sp³-hybridized carbons (Fsp3) is 0.870. The summed E-state index contributed by atoms with van der Waals surface area (Å²) in [5.74, 6) is -0.856. The van der Waals surface area contributed by atoms with Gasteiger partial charge in [0.05, 0.1) is 0 Å².